The summed E-state index contributed by atoms with van der Waals surface area (Å²) < 4.78 is 41.0. The van der Waals surface area contributed by atoms with Crippen molar-refractivity contribution >= 4 is 6.98 Å². The topological polar surface area (TPSA) is 9.23 Å². The van der Waals surface area contributed by atoms with Crippen molar-refractivity contribution < 1.29 is 69.1 Å². The van der Waals surface area contributed by atoms with E-state index in [4.69, 9.17) is 4.74 Å². The summed E-state index contributed by atoms with van der Waals surface area (Å²) in [5.41, 5.74) is 0. The van der Waals surface area contributed by atoms with Crippen LogP contribution in [-0.4, -0.2) is 20.2 Å². The van der Waals surface area contributed by atoms with Gasteiger partial charge in [0.1, 0.15) is 0 Å². The average molecular weight is 290 g/mol. The number of halogens is 3. The average Bonchev–Trinajstić information content (AvgIpc) is 2.25. The first-order valence-electron chi connectivity index (χ1n) is 6.40. The Balaban J connectivity index is 0. The fourth-order valence-corrected chi connectivity index (χ4v) is 1.69. The van der Waals surface area contributed by atoms with Gasteiger partial charge in [0.25, 0.3) is 0 Å². The van der Waals surface area contributed by atoms with Gasteiger partial charge >= 0.3 is 58.4 Å². The summed E-state index contributed by atoms with van der Waals surface area (Å²) in [5.74, 6) is 0.350. The molecule has 1 atom stereocenters. The van der Waals surface area contributed by atoms with E-state index in [0.29, 0.717) is 12.4 Å². The van der Waals surface area contributed by atoms with Crippen LogP contribution < -0.4 is 51.4 Å². The molecule has 0 aliphatic carbocycles. The van der Waals surface area contributed by atoms with Crippen LogP contribution in [0.5, 0.6) is 0 Å². The Kier molecular flexibility index (Phi) is 15.7. The van der Waals surface area contributed by atoms with Gasteiger partial charge in [0, 0.05) is 7.11 Å². The van der Waals surface area contributed by atoms with Crippen molar-refractivity contribution in [3.05, 3.63) is 12.1 Å². The zero-order chi connectivity index (χ0) is 13.1. The second kappa shape index (κ2) is 13.2. The van der Waals surface area contributed by atoms with Crippen molar-refractivity contribution in [1.29, 1.82) is 0 Å². The Morgan fingerprint density at radius 2 is 1.72 bits per heavy atom. The predicted octanol–water partition coefficient (Wildman–Crippen LogP) is 1.70. The Hall–Kier alpha value is 1.19. The summed E-state index contributed by atoms with van der Waals surface area (Å²) in [6, 6.07) is 0. The SMILES string of the molecule is CCCCCCC[C@@H](C/C=C/[B-](F)(F)F)OC.[K+]. The van der Waals surface area contributed by atoms with Gasteiger partial charge in [-0.15, -0.1) is 12.1 Å². The third kappa shape index (κ3) is 15.2. The van der Waals surface area contributed by atoms with Gasteiger partial charge in [-0.2, -0.15) is 0 Å². The van der Waals surface area contributed by atoms with Crippen molar-refractivity contribution in [2.24, 2.45) is 0 Å². The number of methoxy groups -OCH3 is 1. The first kappa shape index (κ1) is 21.5. The van der Waals surface area contributed by atoms with Crippen molar-refractivity contribution in [3.63, 3.8) is 0 Å². The number of unbranched alkanes of at least 4 members (excludes halogenated alkanes) is 4. The largest absolute Gasteiger partial charge is 1.00 e. The molecule has 0 rings (SSSR count). The van der Waals surface area contributed by atoms with Crippen LogP contribution in [0.4, 0.5) is 12.9 Å². The first-order chi connectivity index (χ1) is 7.99. The van der Waals surface area contributed by atoms with E-state index in [1.54, 1.807) is 7.11 Å². The zero-order valence-corrected chi connectivity index (χ0v) is 14.9. The van der Waals surface area contributed by atoms with Gasteiger partial charge in [-0.3, -0.25) is 0 Å². The molecule has 0 aliphatic heterocycles. The maximum atomic E-state index is 11.9. The van der Waals surface area contributed by atoms with E-state index >= 15 is 0 Å². The molecule has 102 valence electrons. The zero-order valence-electron chi connectivity index (χ0n) is 11.8. The molecule has 6 heteroatoms. The Bertz CT molecular complexity index is 210. The molecule has 0 spiro atoms. The van der Waals surface area contributed by atoms with Gasteiger partial charge in [0.2, 0.25) is 0 Å². The Labute approximate surface area is 151 Å². The standard InChI is InChI=1S/C12H23BF3O.K/c1-3-4-5-6-7-9-12(17-2)10-8-11-13(14,15)16;/h8,11-12H,3-7,9-10H2,1-2H3;/q-1;+1/b11-8+;/t12-;/m0./s1. The molecule has 0 aromatic heterocycles. The minimum Gasteiger partial charge on any atom is -0.445 e. The molecule has 0 bridgehead atoms. The smallest absolute Gasteiger partial charge is 0.445 e. The molecule has 0 radical (unpaired) electrons. The van der Waals surface area contributed by atoms with Gasteiger partial charge in [0.15, 0.2) is 0 Å². The number of hydrogen-bond donors (Lipinski definition) is 0. The van der Waals surface area contributed by atoms with Gasteiger partial charge in [-0.05, 0) is 12.8 Å². The molecule has 0 aromatic carbocycles. The van der Waals surface area contributed by atoms with Crippen LogP contribution in [0.25, 0.3) is 0 Å². The second-order valence-corrected chi connectivity index (χ2v) is 4.35. The molecule has 0 aromatic rings. The minimum absolute atomic E-state index is 0. The summed E-state index contributed by atoms with van der Waals surface area (Å²) in [7, 11) is 1.56. The molecule has 0 amide bonds. The van der Waals surface area contributed by atoms with E-state index in [1.165, 1.54) is 25.3 Å². The van der Waals surface area contributed by atoms with E-state index in [-0.39, 0.29) is 57.5 Å². The van der Waals surface area contributed by atoms with Crippen LogP contribution >= 0.6 is 0 Å². The van der Waals surface area contributed by atoms with E-state index < -0.39 is 6.98 Å². The molecule has 0 unspecified atom stereocenters. The van der Waals surface area contributed by atoms with E-state index in [9.17, 15) is 12.9 Å². The molecule has 0 aliphatic rings. The molecule has 0 saturated heterocycles. The molecular formula is C12H23BF3KO. The van der Waals surface area contributed by atoms with Crippen LogP contribution in [0.1, 0.15) is 51.9 Å². The molecule has 1 nitrogen and oxygen atoms in total. The van der Waals surface area contributed by atoms with Crippen molar-refractivity contribution in [1.82, 2.24) is 0 Å². The number of ether oxygens (including phenoxy) is 1. The number of hydrogen-bond acceptors (Lipinski definition) is 1. The van der Waals surface area contributed by atoms with Crippen LogP contribution in [0.2, 0.25) is 0 Å². The van der Waals surface area contributed by atoms with Gasteiger partial charge in [0.05, 0.1) is 6.10 Å². The Morgan fingerprint density at radius 3 is 2.22 bits per heavy atom. The van der Waals surface area contributed by atoms with Crippen LogP contribution in [0.15, 0.2) is 12.1 Å². The monoisotopic (exact) mass is 290 g/mol. The molecule has 0 saturated carbocycles. The first-order valence-corrected chi connectivity index (χ1v) is 6.40. The fourth-order valence-electron chi connectivity index (χ4n) is 1.69. The maximum absolute atomic E-state index is 11.9. The molecule has 0 N–H and O–H groups in total. The van der Waals surface area contributed by atoms with Crippen molar-refractivity contribution in [2.75, 3.05) is 7.11 Å². The Morgan fingerprint density at radius 1 is 1.11 bits per heavy atom. The quantitative estimate of drug-likeness (QED) is 0.439. The van der Waals surface area contributed by atoms with E-state index in [2.05, 4.69) is 6.92 Å². The molecule has 18 heavy (non-hydrogen) atoms. The summed E-state index contributed by atoms with van der Waals surface area (Å²) in [4.78, 5) is 0. The summed E-state index contributed by atoms with van der Waals surface area (Å²) in [6.07, 6.45) is 8.10. The van der Waals surface area contributed by atoms with E-state index in [1.807, 2.05) is 0 Å². The van der Waals surface area contributed by atoms with Gasteiger partial charge in [-0.1, -0.05) is 39.0 Å². The van der Waals surface area contributed by atoms with Gasteiger partial charge < -0.3 is 17.7 Å². The van der Waals surface area contributed by atoms with E-state index in [0.717, 1.165) is 19.3 Å². The van der Waals surface area contributed by atoms with Crippen LogP contribution in [-0.2, 0) is 4.74 Å². The van der Waals surface area contributed by atoms with Crippen LogP contribution in [0.3, 0.4) is 0 Å². The molecule has 0 fully saturated rings. The summed E-state index contributed by atoms with van der Waals surface area (Å²) >= 11 is 0. The molecule has 0 heterocycles. The minimum atomic E-state index is -4.80. The number of rotatable bonds is 10. The van der Waals surface area contributed by atoms with Crippen molar-refractivity contribution in [2.45, 2.75) is 58.0 Å². The normalized spacial score (nSPS) is 13.6. The second-order valence-electron chi connectivity index (χ2n) is 4.35. The van der Waals surface area contributed by atoms with Crippen molar-refractivity contribution in [3.8, 4) is 0 Å². The molecular weight excluding hydrogens is 267 g/mol. The van der Waals surface area contributed by atoms with Gasteiger partial charge in [-0.25, -0.2) is 0 Å². The summed E-state index contributed by atoms with van der Waals surface area (Å²) in [6.45, 7) is -2.65. The maximum Gasteiger partial charge on any atom is 1.00 e. The summed E-state index contributed by atoms with van der Waals surface area (Å²) in [5, 5.41) is 0. The van der Waals surface area contributed by atoms with Crippen LogP contribution in [0, 0.1) is 0 Å². The fraction of sp³-hybridized carbons (Fsp3) is 0.833. The third-order valence-corrected chi connectivity index (χ3v) is 2.72. The predicted molar refractivity (Wildman–Crippen MR) is 67.0 cm³/mol. The third-order valence-electron chi connectivity index (χ3n) is 2.72.